The number of benzene rings is 2. The molecule has 144 valence electrons. The Labute approximate surface area is 163 Å². The highest BCUT2D eigenvalue weighted by atomic mass is 19.1. The van der Waals surface area contributed by atoms with Crippen LogP contribution in [0.15, 0.2) is 47.0 Å². The monoisotopic (exact) mass is 379 g/mol. The Morgan fingerprint density at radius 3 is 2.64 bits per heavy atom. The van der Waals surface area contributed by atoms with Gasteiger partial charge < -0.3 is 9.42 Å². The van der Waals surface area contributed by atoms with Crippen molar-refractivity contribution in [3.8, 4) is 11.4 Å². The van der Waals surface area contributed by atoms with Crippen molar-refractivity contribution in [2.75, 3.05) is 11.4 Å². The first-order chi connectivity index (χ1) is 13.4. The van der Waals surface area contributed by atoms with E-state index in [0.29, 0.717) is 29.9 Å². The van der Waals surface area contributed by atoms with Crippen LogP contribution in [0, 0.1) is 12.7 Å². The quantitative estimate of drug-likeness (QED) is 0.652. The molecule has 1 aliphatic rings. The van der Waals surface area contributed by atoms with Gasteiger partial charge in [0, 0.05) is 24.2 Å². The molecule has 2 aromatic carbocycles. The van der Waals surface area contributed by atoms with Crippen LogP contribution in [0.4, 0.5) is 10.1 Å². The zero-order valence-electron chi connectivity index (χ0n) is 16.1. The van der Waals surface area contributed by atoms with Crippen molar-refractivity contribution in [1.82, 2.24) is 10.1 Å². The molecule has 0 N–H and O–H groups in total. The van der Waals surface area contributed by atoms with Crippen molar-refractivity contribution < 1.29 is 13.7 Å². The lowest BCUT2D eigenvalue weighted by Gasteiger charge is -2.18. The number of amides is 1. The summed E-state index contributed by atoms with van der Waals surface area (Å²) in [5.74, 6) is 0.774. The number of hydrogen-bond donors (Lipinski definition) is 0. The van der Waals surface area contributed by atoms with Gasteiger partial charge in [0.1, 0.15) is 5.82 Å². The maximum atomic E-state index is 13.6. The topological polar surface area (TPSA) is 59.2 Å². The van der Waals surface area contributed by atoms with Crippen LogP contribution in [0.25, 0.3) is 11.4 Å². The highest BCUT2D eigenvalue weighted by Gasteiger charge is 2.35. The molecule has 5 nitrogen and oxygen atoms in total. The third kappa shape index (κ3) is 3.42. The van der Waals surface area contributed by atoms with E-state index in [1.54, 1.807) is 11.0 Å². The molecule has 0 aliphatic carbocycles. The standard InChI is InChI=1S/C22H22FN3O2/c1-13(2)15-5-7-16(8-6-15)21-24-22(28-25-21)17-10-20(27)26(12-17)19-11-18(23)9-4-14(19)3/h4-9,11,13,17H,10,12H2,1-3H3. The van der Waals surface area contributed by atoms with Crippen LogP contribution in [-0.2, 0) is 4.79 Å². The summed E-state index contributed by atoms with van der Waals surface area (Å²) in [7, 11) is 0. The molecule has 28 heavy (non-hydrogen) atoms. The smallest absolute Gasteiger partial charge is 0.232 e. The maximum absolute atomic E-state index is 13.6. The molecule has 3 aromatic rings. The van der Waals surface area contributed by atoms with Crippen molar-refractivity contribution in [3.05, 3.63) is 65.3 Å². The third-order valence-electron chi connectivity index (χ3n) is 5.21. The summed E-state index contributed by atoms with van der Waals surface area (Å²) in [5.41, 5.74) is 3.57. The largest absolute Gasteiger partial charge is 0.339 e. The number of rotatable bonds is 4. The fourth-order valence-corrected chi connectivity index (χ4v) is 3.51. The summed E-state index contributed by atoms with van der Waals surface area (Å²) in [4.78, 5) is 18.6. The van der Waals surface area contributed by atoms with Crippen LogP contribution in [-0.4, -0.2) is 22.6 Å². The predicted octanol–water partition coefficient (Wildman–Crippen LogP) is 4.83. The number of halogens is 1. The fourth-order valence-electron chi connectivity index (χ4n) is 3.51. The van der Waals surface area contributed by atoms with E-state index in [-0.39, 0.29) is 24.1 Å². The molecule has 1 aliphatic heterocycles. The van der Waals surface area contributed by atoms with Gasteiger partial charge in [-0.05, 0) is 36.1 Å². The number of hydrogen-bond acceptors (Lipinski definition) is 4. The molecule has 0 bridgehead atoms. The maximum Gasteiger partial charge on any atom is 0.232 e. The Kier molecular flexibility index (Phi) is 4.71. The number of nitrogens with zero attached hydrogens (tertiary/aromatic N) is 3. The van der Waals surface area contributed by atoms with Crippen LogP contribution in [0.5, 0.6) is 0 Å². The molecule has 1 saturated heterocycles. The Morgan fingerprint density at radius 2 is 1.93 bits per heavy atom. The first kappa shape index (κ1) is 18.3. The minimum absolute atomic E-state index is 0.0697. The summed E-state index contributed by atoms with van der Waals surface area (Å²) < 4.78 is 19.1. The second-order valence-electron chi connectivity index (χ2n) is 7.57. The van der Waals surface area contributed by atoms with Gasteiger partial charge in [0.25, 0.3) is 0 Å². The van der Waals surface area contributed by atoms with Crippen molar-refractivity contribution in [2.24, 2.45) is 0 Å². The summed E-state index contributed by atoms with van der Waals surface area (Å²) in [5, 5.41) is 4.08. The van der Waals surface area contributed by atoms with Crippen LogP contribution < -0.4 is 4.90 Å². The number of carbonyl (C=O) groups is 1. The number of carbonyl (C=O) groups excluding carboxylic acids is 1. The molecule has 1 fully saturated rings. The minimum Gasteiger partial charge on any atom is -0.339 e. The molecule has 1 atom stereocenters. The lowest BCUT2D eigenvalue weighted by Crippen LogP contribution is -2.25. The van der Waals surface area contributed by atoms with Crippen LogP contribution in [0.3, 0.4) is 0 Å². The van der Waals surface area contributed by atoms with E-state index in [9.17, 15) is 9.18 Å². The first-order valence-electron chi connectivity index (χ1n) is 9.43. The summed E-state index contributed by atoms with van der Waals surface area (Å²) in [6.45, 7) is 6.55. The van der Waals surface area contributed by atoms with Crippen LogP contribution in [0.2, 0.25) is 0 Å². The lowest BCUT2D eigenvalue weighted by atomic mass is 10.0. The van der Waals surface area contributed by atoms with Gasteiger partial charge in [-0.25, -0.2) is 4.39 Å². The highest BCUT2D eigenvalue weighted by Crippen LogP contribution is 2.33. The van der Waals surface area contributed by atoms with Gasteiger partial charge >= 0.3 is 0 Å². The first-order valence-corrected chi connectivity index (χ1v) is 9.43. The normalized spacial score (nSPS) is 17.0. The van der Waals surface area contributed by atoms with E-state index in [2.05, 4.69) is 36.1 Å². The predicted molar refractivity (Wildman–Crippen MR) is 105 cm³/mol. The molecule has 0 radical (unpaired) electrons. The highest BCUT2D eigenvalue weighted by molar-refractivity contribution is 5.97. The summed E-state index contributed by atoms with van der Waals surface area (Å²) in [6.07, 6.45) is 0.268. The Bertz CT molecular complexity index is 1010. The molecule has 1 amide bonds. The van der Waals surface area contributed by atoms with Crippen molar-refractivity contribution in [3.63, 3.8) is 0 Å². The number of aryl methyl sites for hydroxylation is 1. The summed E-state index contributed by atoms with van der Waals surface area (Å²) >= 11 is 0. The zero-order valence-corrected chi connectivity index (χ0v) is 16.1. The zero-order chi connectivity index (χ0) is 19.8. The van der Waals surface area contributed by atoms with E-state index in [1.165, 1.54) is 17.7 Å². The molecule has 1 unspecified atom stereocenters. The van der Waals surface area contributed by atoms with E-state index >= 15 is 0 Å². The summed E-state index contributed by atoms with van der Waals surface area (Å²) in [6, 6.07) is 12.5. The van der Waals surface area contributed by atoms with Gasteiger partial charge in [-0.3, -0.25) is 4.79 Å². The number of aromatic nitrogens is 2. The second kappa shape index (κ2) is 7.19. The van der Waals surface area contributed by atoms with Gasteiger partial charge in [-0.15, -0.1) is 0 Å². The van der Waals surface area contributed by atoms with Crippen molar-refractivity contribution >= 4 is 11.6 Å². The SMILES string of the molecule is Cc1ccc(F)cc1N1CC(c2nc(-c3ccc(C(C)C)cc3)no2)CC1=O. The molecular formula is C22H22FN3O2. The van der Waals surface area contributed by atoms with E-state index in [1.807, 2.05) is 19.1 Å². The van der Waals surface area contributed by atoms with Gasteiger partial charge in [0.05, 0.1) is 5.92 Å². The number of anilines is 1. The third-order valence-corrected chi connectivity index (χ3v) is 5.21. The molecular weight excluding hydrogens is 357 g/mol. The van der Waals surface area contributed by atoms with Crippen molar-refractivity contribution in [2.45, 2.75) is 39.0 Å². The fraction of sp³-hybridized carbons (Fsp3) is 0.318. The van der Waals surface area contributed by atoms with Gasteiger partial charge in [0.2, 0.25) is 17.6 Å². The average molecular weight is 379 g/mol. The van der Waals surface area contributed by atoms with Crippen LogP contribution in [0.1, 0.15) is 49.1 Å². The molecule has 0 saturated carbocycles. The molecule has 2 heterocycles. The molecule has 6 heteroatoms. The van der Waals surface area contributed by atoms with E-state index in [4.69, 9.17) is 4.52 Å². The van der Waals surface area contributed by atoms with E-state index < -0.39 is 0 Å². The second-order valence-corrected chi connectivity index (χ2v) is 7.57. The minimum atomic E-state index is -0.359. The lowest BCUT2D eigenvalue weighted by molar-refractivity contribution is -0.117. The molecule has 4 rings (SSSR count). The molecule has 1 aromatic heterocycles. The van der Waals surface area contributed by atoms with Gasteiger partial charge in [-0.2, -0.15) is 4.98 Å². The van der Waals surface area contributed by atoms with E-state index in [0.717, 1.165) is 11.1 Å². The Hall–Kier alpha value is -3.02. The van der Waals surface area contributed by atoms with Crippen molar-refractivity contribution in [1.29, 1.82) is 0 Å². The average Bonchev–Trinajstić information content (AvgIpc) is 3.31. The molecule has 0 spiro atoms. The Morgan fingerprint density at radius 1 is 1.18 bits per heavy atom. The Balaban J connectivity index is 1.55. The van der Waals surface area contributed by atoms with Crippen LogP contribution >= 0.6 is 0 Å². The van der Waals surface area contributed by atoms with Gasteiger partial charge in [-0.1, -0.05) is 49.3 Å². The van der Waals surface area contributed by atoms with Gasteiger partial charge in [0.15, 0.2) is 0 Å².